The lowest BCUT2D eigenvalue weighted by molar-refractivity contribution is -0.274. The average molecular weight is 242 g/mol. The van der Waals surface area contributed by atoms with Gasteiger partial charge in [-0.15, -0.1) is 19.1 Å². The Bertz CT molecular complexity index is 432. The summed E-state index contributed by atoms with van der Waals surface area (Å²) in [5.74, 6) is 5.57. The van der Waals surface area contributed by atoms with Crippen LogP contribution in [0, 0.1) is 11.8 Å². The van der Waals surface area contributed by atoms with Crippen LogP contribution in [0.25, 0.3) is 0 Å². The molecule has 0 aromatic heterocycles. The molecule has 4 heteroatoms. The van der Waals surface area contributed by atoms with Crippen molar-refractivity contribution in [3.05, 3.63) is 29.8 Å². The summed E-state index contributed by atoms with van der Waals surface area (Å²) in [6.07, 6.45) is -4.65. The Labute approximate surface area is 98.6 Å². The Hall–Kier alpha value is -1.63. The Morgan fingerprint density at radius 2 is 1.59 bits per heavy atom. The van der Waals surface area contributed by atoms with Gasteiger partial charge in [0, 0.05) is 0 Å². The fourth-order valence-electron chi connectivity index (χ4n) is 1.46. The molecule has 0 radical (unpaired) electrons. The maximum atomic E-state index is 12.0. The highest BCUT2D eigenvalue weighted by Gasteiger charge is 2.31. The molecule has 92 valence electrons. The van der Waals surface area contributed by atoms with Crippen molar-refractivity contribution in [3.8, 4) is 17.6 Å². The van der Waals surface area contributed by atoms with Crippen LogP contribution < -0.4 is 4.74 Å². The zero-order valence-electron chi connectivity index (χ0n) is 9.85. The van der Waals surface area contributed by atoms with Gasteiger partial charge < -0.3 is 4.74 Å². The summed E-state index contributed by atoms with van der Waals surface area (Å²) in [7, 11) is 0. The molecule has 1 rings (SSSR count). The molecular weight excluding hydrogens is 229 g/mol. The van der Waals surface area contributed by atoms with Crippen molar-refractivity contribution in [2.24, 2.45) is 0 Å². The minimum atomic E-state index is -4.65. The zero-order chi connectivity index (χ0) is 13.1. The van der Waals surface area contributed by atoms with Crippen LogP contribution in [0.4, 0.5) is 13.2 Å². The average Bonchev–Trinajstić information content (AvgIpc) is 2.15. The van der Waals surface area contributed by atoms with Crippen molar-refractivity contribution in [2.45, 2.75) is 32.5 Å². The Kier molecular flexibility index (Phi) is 3.72. The molecule has 0 saturated carbocycles. The first-order chi connectivity index (χ1) is 7.74. The minimum Gasteiger partial charge on any atom is -0.406 e. The number of rotatable bonds is 2. The van der Waals surface area contributed by atoms with E-state index in [-0.39, 0.29) is 11.2 Å². The van der Waals surface area contributed by atoms with Gasteiger partial charge in [0.25, 0.3) is 0 Å². The molecular formula is C13H13F3O. The van der Waals surface area contributed by atoms with E-state index in [0.29, 0.717) is 0 Å². The molecule has 1 aromatic rings. The van der Waals surface area contributed by atoms with Crippen LogP contribution >= 0.6 is 0 Å². The molecule has 0 atom stereocenters. The highest BCUT2D eigenvalue weighted by atomic mass is 19.4. The van der Waals surface area contributed by atoms with E-state index in [0.717, 1.165) is 5.56 Å². The van der Waals surface area contributed by atoms with E-state index in [1.807, 2.05) is 13.8 Å². The molecule has 0 bridgehead atoms. The predicted molar refractivity (Wildman–Crippen MR) is 59.6 cm³/mol. The normalized spacial score (nSPS) is 11.6. The Morgan fingerprint density at radius 1 is 1.06 bits per heavy atom. The molecule has 0 aliphatic heterocycles. The van der Waals surface area contributed by atoms with Gasteiger partial charge >= 0.3 is 6.36 Å². The van der Waals surface area contributed by atoms with E-state index in [2.05, 4.69) is 16.6 Å². The smallest absolute Gasteiger partial charge is 0.406 e. The summed E-state index contributed by atoms with van der Waals surface area (Å²) in [5.41, 5.74) is 0.465. The van der Waals surface area contributed by atoms with Crippen LogP contribution in [0.5, 0.6) is 5.75 Å². The van der Waals surface area contributed by atoms with Crippen molar-refractivity contribution < 1.29 is 17.9 Å². The summed E-state index contributed by atoms with van der Waals surface area (Å²) in [4.78, 5) is 0. The van der Waals surface area contributed by atoms with E-state index in [9.17, 15) is 13.2 Å². The summed E-state index contributed by atoms with van der Waals surface area (Å²) < 4.78 is 39.6. The molecule has 0 unspecified atom stereocenters. The summed E-state index contributed by atoms with van der Waals surface area (Å²) in [6, 6.07) is 5.76. The van der Waals surface area contributed by atoms with Crippen molar-refractivity contribution in [2.75, 3.05) is 0 Å². The lowest BCUT2D eigenvalue weighted by atomic mass is 9.85. The van der Waals surface area contributed by atoms with Crippen LogP contribution in [0.2, 0.25) is 0 Å². The number of hydrogen-bond donors (Lipinski definition) is 0. The van der Waals surface area contributed by atoms with Gasteiger partial charge in [-0.25, -0.2) is 0 Å². The van der Waals surface area contributed by atoms with Crippen LogP contribution in [-0.2, 0) is 5.41 Å². The molecule has 0 aliphatic carbocycles. The molecule has 0 heterocycles. The van der Waals surface area contributed by atoms with Crippen LogP contribution in [0.3, 0.4) is 0 Å². The summed E-state index contributed by atoms with van der Waals surface area (Å²) in [6.45, 7) is 5.54. The number of hydrogen-bond acceptors (Lipinski definition) is 1. The van der Waals surface area contributed by atoms with Gasteiger partial charge in [0.15, 0.2) is 0 Å². The number of ether oxygens (including phenoxy) is 1. The van der Waals surface area contributed by atoms with Gasteiger partial charge in [-0.3, -0.25) is 0 Å². The molecule has 0 N–H and O–H groups in total. The maximum Gasteiger partial charge on any atom is 0.573 e. The number of benzene rings is 1. The molecule has 0 aliphatic rings. The van der Waals surface area contributed by atoms with Crippen molar-refractivity contribution in [1.82, 2.24) is 0 Å². The number of alkyl halides is 3. The van der Waals surface area contributed by atoms with E-state index in [1.54, 1.807) is 19.1 Å². The quantitative estimate of drug-likeness (QED) is 0.715. The molecule has 0 saturated heterocycles. The van der Waals surface area contributed by atoms with Crippen molar-refractivity contribution in [1.29, 1.82) is 0 Å². The predicted octanol–water partition coefficient (Wildman–Crippen LogP) is 3.89. The Morgan fingerprint density at radius 3 is 2.00 bits per heavy atom. The van der Waals surface area contributed by atoms with E-state index < -0.39 is 6.36 Å². The highest BCUT2D eigenvalue weighted by Crippen LogP contribution is 2.27. The highest BCUT2D eigenvalue weighted by molar-refractivity contribution is 5.37. The largest absolute Gasteiger partial charge is 0.573 e. The van der Waals surface area contributed by atoms with Crippen LogP contribution in [0.1, 0.15) is 26.3 Å². The lowest BCUT2D eigenvalue weighted by Crippen LogP contribution is -2.18. The third kappa shape index (κ3) is 4.03. The van der Waals surface area contributed by atoms with Gasteiger partial charge in [0.05, 0.1) is 5.41 Å². The third-order valence-corrected chi connectivity index (χ3v) is 2.25. The molecule has 0 amide bonds. The first kappa shape index (κ1) is 13.4. The fourth-order valence-corrected chi connectivity index (χ4v) is 1.46. The standard InChI is InChI=1S/C13H13F3O/c1-4-9-12(2,3)10-5-7-11(8-6-10)17-13(14,15)16/h5-8H,1-3H3. The second kappa shape index (κ2) is 4.70. The first-order valence-corrected chi connectivity index (χ1v) is 5.05. The summed E-state index contributed by atoms with van der Waals surface area (Å²) >= 11 is 0. The van der Waals surface area contributed by atoms with Gasteiger partial charge in [-0.05, 0) is 38.5 Å². The lowest BCUT2D eigenvalue weighted by Gasteiger charge is -2.18. The fraction of sp³-hybridized carbons (Fsp3) is 0.385. The molecule has 0 fully saturated rings. The van der Waals surface area contributed by atoms with Gasteiger partial charge in [0.2, 0.25) is 0 Å². The third-order valence-electron chi connectivity index (χ3n) is 2.25. The first-order valence-electron chi connectivity index (χ1n) is 5.05. The van der Waals surface area contributed by atoms with Gasteiger partial charge in [-0.1, -0.05) is 18.1 Å². The minimum absolute atomic E-state index is 0.221. The van der Waals surface area contributed by atoms with Gasteiger partial charge in [0.1, 0.15) is 5.75 Å². The van der Waals surface area contributed by atoms with Gasteiger partial charge in [-0.2, -0.15) is 0 Å². The SMILES string of the molecule is CC#CC(C)(C)c1ccc(OC(F)(F)F)cc1. The molecule has 1 aromatic carbocycles. The van der Waals surface area contributed by atoms with E-state index in [4.69, 9.17) is 0 Å². The van der Waals surface area contributed by atoms with Crippen LogP contribution in [0.15, 0.2) is 24.3 Å². The van der Waals surface area contributed by atoms with Crippen molar-refractivity contribution >= 4 is 0 Å². The zero-order valence-corrected chi connectivity index (χ0v) is 9.85. The molecule has 1 nitrogen and oxygen atoms in total. The number of halogens is 3. The monoisotopic (exact) mass is 242 g/mol. The van der Waals surface area contributed by atoms with E-state index in [1.165, 1.54) is 12.1 Å². The Balaban J connectivity index is 2.91. The second-order valence-corrected chi connectivity index (χ2v) is 4.07. The molecule has 17 heavy (non-hydrogen) atoms. The van der Waals surface area contributed by atoms with E-state index >= 15 is 0 Å². The molecule has 0 spiro atoms. The summed E-state index contributed by atoms with van der Waals surface area (Å²) in [5, 5.41) is 0. The van der Waals surface area contributed by atoms with Crippen molar-refractivity contribution in [3.63, 3.8) is 0 Å². The second-order valence-electron chi connectivity index (χ2n) is 4.07. The maximum absolute atomic E-state index is 12.0. The van der Waals surface area contributed by atoms with Crippen LogP contribution in [-0.4, -0.2) is 6.36 Å². The topological polar surface area (TPSA) is 9.23 Å².